The second-order valence-electron chi connectivity index (χ2n) is 11.6. The normalized spacial score (nSPS) is 23.3. The number of aromatic nitrogens is 1. The average Bonchev–Trinajstić information content (AvgIpc) is 2.97. The molecule has 206 valence electrons. The summed E-state index contributed by atoms with van der Waals surface area (Å²) in [7, 11) is 3.61. The number of hydrogen-bond donors (Lipinski definition) is 1. The number of hydrogen-bond acceptors (Lipinski definition) is 5. The third-order valence-electron chi connectivity index (χ3n) is 8.71. The van der Waals surface area contributed by atoms with Gasteiger partial charge in [0.25, 0.3) is 0 Å². The summed E-state index contributed by atoms with van der Waals surface area (Å²) in [5.74, 6) is 2.40. The number of benzene rings is 1. The molecule has 0 radical (unpaired) electrons. The molecule has 1 aromatic heterocycles. The van der Waals surface area contributed by atoms with Gasteiger partial charge >= 0.3 is 6.03 Å². The molecule has 7 heteroatoms. The summed E-state index contributed by atoms with van der Waals surface area (Å²) < 4.78 is 5.63. The highest BCUT2D eigenvalue weighted by atomic mass is 16.5. The van der Waals surface area contributed by atoms with Gasteiger partial charge in [-0.15, -0.1) is 0 Å². The summed E-state index contributed by atoms with van der Waals surface area (Å²) in [5.41, 5.74) is 3.76. The molecule has 0 atom stereocenters. The van der Waals surface area contributed by atoms with Crippen molar-refractivity contribution in [2.45, 2.75) is 56.9 Å². The van der Waals surface area contributed by atoms with Crippen LogP contribution < -0.4 is 10.2 Å². The molecule has 2 aliphatic heterocycles. The molecule has 1 aliphatic carbocycles. The zero-order valence-corrected chi connectivity index (χ0v) is 23.3. The quantitative estimate of drug-likeness (QED) is 0.559. The van der Waals surface area contributed by atoms with Crippen LogP contribution in [0.4, 0.5) is 10.6 Å². The first-order valence-electron chi connectivity index (χ1n) is 14.7. The number of nitrogens with one attached hydrogen (secondary N) is 1. The predicted molar refractivity (Wildman–Crippen MR) is 154 cm³/mol. The molecule has 3 aliphatic rings. The number of amides is 2. The Balaban J connectivity index is 1.14. The molecule has 2 amide bonds. The Morgan fingerprint density at radius 1 is 0.947 bits per heavy atom. The maximum absolute atomic E-state index is 11.9. The Kier molecular flexibility index (Phi) is 9.18. The summed E-state index contributed by atoms with van der Waals surface area (Å²) in [4.78, 5) is 23.9. The highest BCUT2D eigenvalue weighted by molar-refractivity contribution is 5.73. The van der Waals surface area contributed by atoms with E-state index in [0.29, 0.717) is 12.0 Å². The largest absolute Gasteiger partial charge is 0.381 e. The van der Waals surface area contributed by atoms with E-state index >= 15 is 0 Å². The summed E-state index contributed by atoms with van der Waals surface area (Å²) in [6, 6.07) is 15.7. The van der Waals surface area contributed by atoms with Gasteiger partial charge in [0.05, 0.1) is 0 Å². The minimum absolute atomic E-state index is 0.0370. The summed E-state index contributed by atoms with van der Waals surface area (Å²) in [6.07, 6.45) is 8.05. The fourth-order valence-electron chi connectivity index (χ4n) is 6.16. The van der Waals surface area contributed by atoms with E-state index in [1.165, 1.54) is 42.6 Å². The van der Waals surface area contributed by atoms with Crippen molar-refractivity contribution in [3.8, 4) is 11.1 Å². The van der Waals surface area contributed by atoms with Crippen LogP contribution in [0.15, 0.2) is 42.5 Å². The third kappa shape index (κ3) is 7.06. The molecule has 1 saturated carbocycles. The second kappa shape index (κ2) is 12.9. The van der Waals surface area contributed by atoms with Crippen LogP contribution in [-0.2, 0) is 4.74 Å². The Labute approximate surface area is 228 Å². The number of ether oxygens (including phenoxy) is 1. The van der Waals surface area contributed by atoms with E-state index in [1.54, 1.807) is 4.90 Å². The van der Waals surface area contributed by atoms with Gasteiger partial charge in [-0.25, -0.2) is 9.78 Å². The first kappa shape index (κ1) is 26.9. The fraction of sp³-hybridized carbons (Fsp3) is 0.613. The fourth-order valence-corrected chi connectivity index (χ4v) is 6.16. The minimum Gasteiger partial charge on any atom is -0.381 e. The highest BCUT2D eigenvalue weighted by Crippen LogP contribution is 2.32. The van der Waals surface area contributed by atoms with Crippen LogP contribution in [0.1, 0.15) is 56.6 Å². The molecule has 1 aromatic carbocycles. The van der Waals surface area contributed by atoms with Crippen LogP contribution in [0.3, 0.4) is 0 Å². The van der Waals surface area contributed by atoms with Gasteiger partial charge in [-0.1, -0.05) is 30.3 Å². The molecule has 0 bridgehead atoms. The van der Waals surface area contributed by atoms with Crippen LogP contribution in [-0.4, -0.2) is 86.9 Å². The Morgan fingerprint density at radius 3 is 2.34 bits per heavy atom. The van der Waals surface area contributed by atoms with Crippen molar-refractivity contribution in [2.24, 2.45) is 5.92 Å². The van der Waals surface area contributed by atoms with E-state index in [1.807, 2.05) is 14.1 Å². The van der Waals surface area contributed by atoms with Crippen LogP contribution in [0.2, 0.25) is 0 Å². The van der Waals surface area contributed by atoms with Gasteiger partial charge in [0.1, 0.15) is 5.82 Å². The lowest BCUT2D eigenvalue weighted by atomic mass is 9.84. The maximum atomic E-state index is 11.9. The van der Waals surface area contributed by atoms with E-state index in [2.05, 4.69) is 57.6 Å². The highest BCUT2D eigenvalue weighted by Gasteiger charge is 2.25. The zero-order chi connectivity index (χ0) is 26.3. The smallest absolute Gasteiger partial charge is 0.317 e. The number of rotatable bonds is 7. The van der Waals surface area contributed by atoms with E-state index in [0.717, 1.165) is 76.8 Å². The number of urea groups is 1. The number of anilines is 1. The van der Waals surface area contributed by atoms with Crippen molar-refractivity contribution < 1.29 is 9.53 Å². The van der Waals surface area contributed by atoms with Crippen molar-refractivity contribution in [1.29, 1.82) is 0 Å². The molecule has 38 heavy (non-hydrogen) atoms. The Bertz CT molecular complexity index is 1020. The van der Waals surface area contributed by atoms with Gasteiger partial charge in [0, 0.05) is 71.1 Å². The maximum Gasteiger partial charge on any atom is 0.317 e. The summed E-state index contributed by atoms with van der Waals surface area (Å²) in [5, 5.41) is 3.16. The van der Waals surface area contributed by atoms with Crippen molar-refractivity contribution >= 4 is 11.8 Å². The van der Waals surface area contributed by atoms with Crippen LogP contribution >= 0.6 is 0 Å². The van der Waals surface area contributed by atoms with Crippen LogP contribution in [0.5, 0.6) is 0 Å². The first-order chi connectivity index (χ1) is 18.5. The third-order valence-corrected chi connectivity index (χ3v) is 8.71. The monoisotopic (exact) mass is 519 g/mol. The van der Waals surface area contributed by atoms with Crippen molar-refractivity contribution in [1.82, 2.24) is 20.1 Å². The molecule has 1 N–H and O–H groups in total. The summed E-state index contributed by atoms with van der Waals surface area (Å²) in [6.45, 7) is 7.10. The van der Waals surface area contributed by atoms with Crippen LogP contribution in [0.25, 0.3) is 11.1 Å². The minimum atomic E-state index is 0.0370. The number of pyridine rings is 1. The van der Waals surface area contributed by atoms with Gasteiger partial charge < -0.3 is 19.9 Å². The number of carbonyl (C=O) groups is 1. The molecule has 7 nitrogen and oxygen atoms in total. The van der Waals surface area contributed by atoms with Crippen molar-refractivity contribution in [3.63, 3.8) is 0 Å². The lowest BCUT2D eigenvalue weighted by molar-refractivity contribution is 0.0845. The molecule has 0 unspecified atom stereocenters. The number of piperazine rings is 1. The van der Waals surface area contributed by atoms with Gasteiger partial charge in [-0.05, 0) is 80.7 Å². The summed E-state index contributed by atoms with van der Waals surface area (Å²) >= 11 is 0. The number of nitrogens with zero attached hydrogens (tertiary/aromatic N) is 4. The molecule has 5 rings (SSSR count). The number of carbonyl (C=O) groups excluding carboxylic acids is 1. The Hall–Kier alpha value is -2.64. The molecule has 0 spiro atoms. The molecule has 3 fully saturated rings. The van der Waals surface area contributed by atoms with E-state index in [-0.39, 0.29) is 6.03 Å². The van der Waals surface area contributed by atoms with E-state index in [9.17, 15) is 4.79 Å². The van der Waals surface area contributed by atoms with Crippen LogP contribution in [0, 0.1) is 5.92 Å². The molecule has 2 saturated heterocycles. The second-order valence-corrected chi connectivity index (χ2v) is 11.6. The van der Waals surface area contributed by atoms with Gasteiger partial charge in [-0.3, -0.25) is 4.90 Å². The zero-order valence-electron chi connectivity index (χ0n) is 23.3. The molecular weight excluding hydrogens is 474 g/mol. The molecule has 3 heterocycles. The Morgan fingerprint density at radius 2 is 1.66 bits per heavy atom. The SMILES string of the molecule is CN(C)C(=O)N[C@H]1CC[C@H](CCN2CCN(c3cc(-c4ccccc4)cc(C4CCOCC4)n3)CC2)CC1. The lowest BCUT2D eigenvalue weighted by Crippen LogP contribution is -2.47. The van der Waals surface area contributed by atoms with E-state index in [4.69, 9.17) is 9.72 Å². The topological polar surface area (TPSA) is 60.9 Å². The van der Waals surface area contributed by atoms with Gasteiger partial charge in [-0.2, -0.15) is 0 Å². The molecular formula is C31H45N5O2. The predicted octanol–water partition coefficient (Wildman–Crippen LogP) is 4.98. The van der Waals surface area contributed by atoms with E-state index < -0.39 is 0 Å². The lowest BCUT2D eigenvalue weighted by Gasteiger charge is -2.37. The van der Waals surface area contributed by atoms with Crippen molar-refractivity contribution in [3.05, 3.63) is 48.2 Å². The van der Waals surface area contributed by atoms with Gasteiger partial charge in [0.15, 0.2) is 0 Å². The van der Waals surface area contributed by atoms with Gasteiger partial charge in [0.2, 0.25) is 0 Å². The average molecular weight is 520 g/mol. The standard InChI is InChI=1S/C31H45N5O2/c1-34(2)31(37)32-28-10-8-24(9-11-28)12-15-35-16-18-36(19-17-35)30-23-27(25-6-4-3-5-7-25)22-29(33-30)26-13-20-38-21-14-26/h3-7,22-24,26,28H,8-21H2,1-2H3,(H,32,37)/t24-,28-. The first-order valence-corrected chi connectivity index (χ1v) is 14.7. The van der Waals surface area contributed by atoms with Crippen molar-refractivity contribution in [2.75, 3.05) is 64.9 Å². The molecule has 2 aromatic rings.